The molecule has 0 spiro atoms. The van der Waals surface area contributed by atoms with E-state index in [1.807, 2.05) is 19.6 Å². The van der Waals surface area contributed by atoms with Gasteiger partial charge in [-0.3, -0.25) is 38.8 Å². The predicted molar refractivity (Wildman–Crippen MR) is 177 cm³/mol. The molecule has 0 aromatic rings. The Hall–Kier alpha value is -3.50. The summed E-state index contributed by atoms with van der Waals surface area (Å²) in [5, 5.41) is 6.24. The second-order valence-corrected chi connectivity index (χ2v) is 12.2. The number of amides is 3. The van der Waals surface area contributed by atoms with Crippen molar-refractivity contribution in [1.82, 2.24) is 35.5 Å². The predicted octanol–water partition coefficient (Wildman–Crippen LogP) is -3.72. The number of rotatable bonds is 19. The van der Waals surface area contributed by atoms with Crippen LogP contribution in [0, 0.1) is 0 Å². The summed E-state index contributed by atoms with van der Waals surface area (Å²) >= 11 is 0. The standard InChI is InChI=1S/C31H54N8O12/c32-26(40)3-4-27(41)33-5-1-15-46-17-19-48-20-18-47-16-2-6-34-28(42)21-35-7-9-36-11-12-38-14-13-37(10-8-35)23-30(44)50-39(51-31(45)24-38)25-49-29(43)22-36/h1-25H2,(H2,32,40)(H,33,41)(H,34,42). The van der Waals surface area contributed by atoms with Gasteiger partial charge in [-0.15, -0.1) is 0 Å². The van der Waals surface area contributed by atoms with Crippen LogP contribution in [0.4, 0.5) is 0 Å². The third-order valence-electron chi connectivity index (χ3n) is 8.01. The summed E-state index contributed by atoms with van der Waals surface area (Å²) in [6.07, 6.45) is 1.39. The highest BCUT2D eigenvalue weighted by Gasteiger charge is 2.28. The molecule has 4 N–H and O–H groups in total. The Morgan fingerprint density at radius 2 is 1.06 bits per heavy atom. The number of hydroxylamine groups is 2. The van der Waals surface area contributed by atoms with Crippen molar-refractivity contribution in [3.05, 3.63) is 0 Å². The Balaban J connectivity index is 1.30. The number of primary amides is 1. The number of carbonyl (C=O) groups is 6. The van der Waals surface area contributed by atoms with Crippen LogP contribution >= 0.6 is 0 Å². The van der Waals surface area contributed by atoms with E-state index >= 15 is 0 Å². The van der Waals surface area contributed by atoms with Crippen molar-refractivity contribution in [2.45, 2.75) is 25.7 Å². The van der Waals surface area contributed by atoms with Crippen molar-refractivity contribution >= 4 is 35.6 Å². The molecule has 0 aromatic heterocycles. The van der Waals surface area contributed by atoms with Gasteiger partial charge in [0.05, 0.1) is 57.8 Å². The molecular weight excluding hydrogens is 676 g/mol. The number of ether oxygens (including phenoxy) is 4. The lowest BCUT2D eigenvalue weighted by Gasteiger charge is -2.33. The van der Waals surface area contributed by atoms with Crippen molar-refractivity contribution < 1.29 is 57.4 Å². The van der Waals surface area contributed by atoms with E-state index in [0.717, 1.165) is 0 Å². The highest BCUT2D eigenvalue weighted by atomic mass is 17.0. The van der Waals surface area contributed by atoms with Gasteiger partial charge in [-0.05, 0) is 12.8 Å². The summed E-state index contributed by atoms with van der Waals surface area (Å²) in [4.78, 5) is 90.9. The van der Waals surface area contributed by atoms with Crippen molar-refractivity contribution in [1.29, 1.82) is 0 Å². The topological polar surface area (TPSA) is 224 Å². The number of nitrogens with zero attached hydrogens (tertiary/aromatic N) is 5. The minimum absolute atomic E-state index is 0.0143. The Bertz CT molecular complexity index is 1120. The fourth-order valence-electron chi connectivity index (χ4n) is 5.22. The minimum atomic E-state index is -0.669. The first-order valence-corrected chi connectivity index (χ1v) is 17.5. The molecule has 4 unspecified atom stereocenters. The Morgan fingerprint density at radius 3 is 1.57 bits per heavy atom. The van der Waals surface area contributed by atoms with E-state index in [9.17, 15) is 28.8 Å². The van der Waals surface area contributed by atoms with E-state index in [0.29, 0.717) is 123 Å². The first-order chi connectivity index (χ1) is 24.7. The van der Waals surface area contributed by atoms with Crippen molar-refractivity contribution in [3.63, 3.8) is 0 Å². The van der Waals surface area contributed by atoms with Gasteiger partial charge in [0.25, 0.3) is 0 Å². The molecule has 3 amide bonds. The second kappa shape index (κ2) is 24.6. The number of nitrogens with one attached hydrogen (secondary N) is 2. The third-order valence-corrected chi connectivity index (χ3v) is 8.01. The summed E-state index contributed by atoms with van der Waals surface area (Å²) in [5.74, 6) is -2.72. The zero-order chi connectivity index (χ0) is 36.7. The molecular formula is C31H54N8O12. The molecule has 3 aliphatic heterocycles. The Kier molecular flexibility index (Phi) is 20.3. The zero-order valence-corrected chi connectivity index (χ0v) is 29.4. The van der Waals surface area contributed by atoms with E-state index in [4.69, 9.17) is 34.4 Å². The third kappa shape index (κ3) is 19.6. The first-order valence-electron chi connectivity index (χ1n) is 17.5. The molecule has 290 valence electrons. The molecule has 0 radical (unpaired) electrons. The molecule has 4 atom stereocenters. The summed E-state index contributed by atoms with van der Waals surface area (Å²) < 4.78 is 21.8. The number of cyclic esters (lactones) is 1. The summed E-state index contributed by atoms with van der Waals surface area (Å²) in [5.41, 5.74) is 5.02. The van der Waals surface area contributed by atoms with Crippen molar-refractivity contribution in [3.8, 4) is 0 Å². The van der Waals surface area contributed by atoms with Gasteiger partial charge in [0, 0.05) is 91.5 Å². The molecule has 51 heavy (non-hydrogen) atoms. The molecule has 20 heteroatoms. The van der Waals surface area contributed by atoms with Gasteiger partial charge in [-0.25, -0.2) is 9.59 Å². The van der Waals surface area contributed by atoms with E-state index in [2.05, 4.69) is 10.6 Å². The van der Waals surface area contributed by atoms with Gasteiger partial charge in [0.2, 0.25) is 24.5 Å². The highest BCUT2D eigenvalue weighted by molar-refractivity contribution is 5.82. The molecule has 3 saturated heterocycles. The quantitative estimate of drug-likeness (QED) is 0.0859. The first kappa shape index (κ1) is 41.9. The summed E-state index contributed by atoms with van der Waals surface area (Å²) in [7, 11) is 0. The van der Waals surface area contributed by atoms with Crippen molar-refractivity contribution in [2.75, 3.05) is 138 Å². The number of esters is 1. The average molecular weight is 731 g/mol. The monoisotopic (exact) mass is 730 g/mol. The van der Waals surface area contributed by atoms with Crippen LogP contribution in [0.15, 0.2) is 0 Å². The summed E-state index contributed by atoms with van der Waals surface area (Å²) in [6, 6.07) is 0. The fourth-order valence-corrected chi connectivity index (χ4v) is 5.22. The molecule has 20 nitrogen and oxygen atoms in total. The van der Waals surface area contributed by atoms with Crippen LogP contribution < -0.4 is 16.4 Å². The van der Waals surface area contributed by atoms with E-state index in [-0.39, 0.29) is 50.8 Å². The molecule has 3 rings (SSSR count). The van der Waals surface area contributed by atoms with Crippen LogP contribution in [0.25, 0.3) is 0 Å². The maximum absolute atomic E-state index is 12.9. The number of hydrogen-bond donors (Lipinski definition) is 3. The van der Waals surface area contributed by atoms with Crippen molar-refractivity contribution in [2.24, 2.45) is 5.73 Å². The maximum Gasteiger partial charge on any atom is 0.343 e. The van der Waals surface area contributed by atoms with Gasteiger partial charge < -0.3 is 45.0 Å². The van der Waals surface area contributed by atoms with Crippen LogP contribution in [0.5, 0.6) is 0 Å². The lowest BCUT2D eigenvalue weighted by Crippen LogP contribution is -2.50. The Morgan fingerprint density at radius 1 is 0.608 bits per heavy atom. The van der Waals surface area contributed by atoms with E-state index < -0.39 is 30.5 Å². The van der Waals surface area contributed by atoms with Gasteiger partial charge in [-0.1, -0.05) is 0 Å². The SMILES string of the molecule is NC(=O)CCC(=O)NCCCOCCOCCOCCCNC(=O)CN1CCN2CCN3CCN(CC1)CC(=O)ON(COC(=O)C2)OC(=O)C3. The fraction of sp³-hybridized carbons (Fsp3) is 0.806. The molecule has 3 aliphatic rings. The molecule has 3 heterocycles. The average Bonchev–Trinajstić information content (AvgIpc) is 3.10. The normalized spacial score (nSPS) is 23.6. The van der Waals surface area contributed by atoms with Gasteiger partial charge >= 0.3 is 17.9 Å². The van der Waals surface area contributed by atoms with Crippen LogP contribution in [0.2, 0.25) is 0 Å². The van der Waals surface area contributed by atoms with Crippen LogP contribution in [0.3, 0.4) is 0 Å². The van der Waals surface area contributed by atoms with E-state index in [1.165, 1.54) is 0 Å². The number of nitrogens with two attached hydrogens (primary N) is 1. The zero-order valence-electron chi connectivity index (χ0n) is 29.4. The summed E-state index contributed by atoms with van der Waals surface area (Å²) in [6.45, 7) is 6.89. The van der Waals surface area contributed by atoms with Crippen LogP contribution in [0.1, 0.15) is 25.7 Å². The van der Waals surface area contributed by atoms with Gasteiger partial charge in [0.1, 0.15) is 0 Å². The number of fused-ring (bicyclic) bond motifs is 7. The maximum atomic E-state index is 12.9. The van der Waals surface area contributed by atoms with E-state index in [1.54, 1.807) is 0 Å². The molecule has 4 bridgehead atoms. The van der Waals surface area contributed by atoms with Crippen LogP contribution in [-0.4, -0.2) is 198 Å². The number of carbonyl (C=O) groups excluding carboxylic acids is 6. The highest BCUT2D eigenvalue weighted by Crippen LogP contribution is 2.07. The van der Waals surface area contributed by atoms with Gasteiger partial charge in [-0.2, -0.15) is 0 Å². The molecule has 0 saturated carbocycles. The molecule has 0 aromatic carbocycles. The second-order valence-electron chi connectivity index (χ2n) is 12.2. The minimum Gasteiger partial charge on any atom is -0.441 e. The Labute approximate surface area is 297 Å². The van der Waals surface area contributed by atoms with Gasteiger partial charge in [0.15, 0.2) is 0 Å². The van der Waals surface area contributed by atoms with Crippen LogP contribution in [-0.2, 0) is 57.4 Å². The molecule has 0 aliphatic carbocycles. The molecule has 3 fully saturated rings. The lowest BCUT2D eigenvalue weighted by atomic mass is 10.3. The smallest absolute Gasteiger partial charge is 0.343 e. The largest absolute Gasteiger partial charge is 0.441 e. The number of hydrogen-bond acceptors (Lipinski definition) is 17. The lowest BCUT2D eigenvalue weighted by molar-refractivity contribution is -0.348.